The maximum Gasteiger partial charge on any atom is 0.247 e. The third-order valence-electron chi connectivity index (χ3n) is 4.79. The second-order valence-electron chi connectivity index (χ2n) is 6.19. The van der Waals surface area contributed by atoms with E-state index >= 15 is 0 Å². The zero-order valence-electron chi connectivity index (χ0n) is 14.1. The largest absolute Gasteiger partial charge is 0.368 e. The van der Waals surface area contributed by atoms with Gasteiger partial charge in [0.05, 0.1) is 0 Å². The molecule has 1 aliphatic heterocycles. The fourth-order valence-corrected chi connectivity index (χ4v) is 3.13. The minimum atomic E-state index is -0.239. The lowest BCUT2D eigenvalue weighted by Crippen LogP contribution is -2.50. The Bertz CT molecular complexity index is 672. The van der Waals surface area contributed by atoms with Crippen molar-refractivity contribution in [3.63, 3.8) is 0 Å². The van der Waals surface area contributed by atoms with Crippen molar-refractivity contribution in [2.45, 2.75) is 26.8 Å². The maximum atomic E-state index is 12.6. The van der Waals surface area contributed by atoms with Crippen LogP contribution in [0.5, 0.6) is 0 Å². The van der Waals surface area contributed by atoms with Gasteiger partial charge in [0.2, 0.25) is 5.91 Å². The third-order valence-corrected chi connectivity index (χ3v) is 4.79. The molecule has 3 rings (SSSR count). The molecular weight excluding hydrogens is 288 g/mol. The molecule has 1 atom stereocenters. The van der Waals surface area contributed by atoms with Crippen molar-refractivity contribution in [1.82, 2.24) is 14.7 Å². The van der Waals surface area contributed by atoms with Crippen LogP contribution in [0.4, 0.5) is 5.69 Å². The van der Waals surface area contributed by atoms with Crippen molar-refractivity contribution in [1.29, 1.82) is 0 Å². The van der Waals surface area contributed by atoms with Gasteiger partial charge in [-0.05, 0) is 44.0 Å². The molecule has 0 bridgehead atoms. The second-order valence-corrected chi connectivity index (χ2v) is 6.19. The van der Waals surface area contributed by atoms with Gasteiger partial charge in [-0.1, -0.05) is 12.1 Å². The van der Waals surface area contributed by atoms with Gasteiger partial charge in [-0.15, -0.1) is 0 Å². The van der Waals surface area contributed by atoms with E-state index in [0.29, 0.717) is 0 Å². The van der Waals surface area contributed by atoms with Crippen LogP contribution in [0, 0.1) is 13.8 Å². The highest BCUT2D eigenvalue weighted by Gasteiger charge is 2.26. The molecule has 1 amide bonds. The number of benzene rings is 1. The molecule has 5 heteroatoms. The number of piperazine rings is 1. The highest BCUT2D eigenvalue weighted by atomic mass is 16.2. The normalized spacial score (nSPS) is 16.5. The van der Waals surface area contributed by atoms with Crippen LogP contribution in [0.3, 0.4) is 0 Å². The van der Waals surface area contributed by atoms with Crippen LogP contribution in [0.2, 0.25) is 0 Å². The summed E-state index contributed by atoms with van der Waals surface area (Å²) in [5, 5.41) is 4.17. The average Bonchev–Trinajstić information content (AvgIpc) is 3.11. The van der Waals surface area contributed by atoms with Gasteiger partial charge in [-0.25, -0.2) is 0 Å². The van der Waals surface area contributed by atoms with E-state index in [1.54, 1.807) is 10.9 Å². The first kappa shape index (κ1) is 15.6. The summed E-state index contributed by atoms with van der Waals surface area (Å²) >= 11 is 0. The summed E-state index contributed by atoms with van der Waals surface area (Å²) in [5.41, 5.74) is 3.93. The van der Waals surface area contributed by atoms with Crippen molar-refractivity contribution in [3.05, 3.63) is 47.8 Å². The average molecular weight is 312 g/mol. The van der Waals surface area contributed by atoms with Crippen LogP contribution in [-0.2, 0) is 4.79 Å². The minimum absolute atomic E-state index is 0.148. The number of amides is 1. The maximum absolute atomic E-state index is 12.6. The van der Waals surface area contributed by atoms with Crippen LogP contribution in [-0.4, -0.2) is 46.8 Å². The van der Waals surface area contributed by atoms with E-state index in [9.17, 15) is 4.79 Å². The topological polar surface area (TPSA) is 41.4 Å². The molecule has 1 aromatic heterocycles. The highest BCUT2D eigenvalue weighted by molar-refractivity contribution is 5.80. The number of aromatic nitrogens is 2. The molecule has 5 nitrogen and oxygen atoms in total. The Balaban J connectivity index is 1.64. The number of anilines is 1. The summed E-state index contributed by atoms with van der Waals surface area (Å²) in [5.74, 6) is 0.148. The Hall–Kier alpha value is -2.30. The van der Waals surface area contributed by atoms with Crippen molar-refractivity contribution >= 4 is 11.6 Å². The predicted octanol–water partition coefficient (Wildman–Crippen LogP) is 2.41. The van der Waals surface area contributed by atoms with Crippen LogP contribution in [0.1, 0.15) is 24.1 Å². The second kappa shape index (κ2) is 6.44. The van der Waals surface area contributed by atoms with Gasteiger partial charge in [0.25, 0.3) is 0 Å². The molecule has 1 unspecified atom stereocenters. The van der Waals surface area contributed by atoms with Crippen LogP contribution in [0.25, 0.3) is 0 Å². The molecule has 2 heterocycles. The molecule has 0 saturated carbocycles. The fourth-order valence-electron chi connectivity index (χ4n) is 3.13. The number of hydrogen-bond acceptors (Lipinski definition) is 3. The van der Waals surface area contributed by atoms with Gasteiger partial charge in [-0.2, -0.15) is 5.10 Å². The highest BCUT2D eigenvalue weighted by Crippen LogP contribution is 2.24. The molecule has 0 radical (unpaired) electrons. The van der Waals surface area contributed by atoms with Crippen molar-refractivity contribution in [2.24, 2.45) is 0 Å². The monoisotopic (exact) mass is 312 g/mol. The van der Waals surface area contributed by atoms with Crippen molar-refractivity contribution in [3.8, 4) is 0 Å². The predicted molar refractivity (Wildman–Crippen MR) is 91.6 cm³/mol. The quantitative estimate of drug-likeness (QED) is 0.874. The molecular formula is C18H24N4O. The van der Waals surface area contributed by atoms with Crippen molar-refractivity contribution < 1.29 is 4.79 Å². The SMILES string of the molecule is Cc1cccc(N2CCN(C(=O)C(C)n3cccn3)CC2)c1C. The Morgan fingerprint density at radius 1 is 1.13 bits per heavy atom. The van der Waals surface area contributed by atoms with E-state index < -0.39 is 0 Å². The first-order chi connectivity index (χ1) is 11.1. The number of nitrogens with zero attached hydrogens (tertiary/aromatic N) is 4. The molecule has 1 aliphatic rings. The van der Waals surface area contributed by atoms with Gasteiger partial charge in [-0.3, -0.25) is 9.48 Å². The first-order valence-electron chi connectivity index (χ1n) is 8.17. The number of carbonyl (C=O) groups is 1. The van der Waals surface area contributed by atoms with E-state index in [4.69, 9.17) is 0 Å². The first-order valence-corrected chi connectivity index (χ1v) is 8.17. The van der Waals surface area contributed by atoms with Crippen LogP contribution >= 0.6 is 0 Å². The van der Waals surface area contributed by atoms with E-state index in [2.05, 4.69) is 42.0 Å². The van der Waals surface area contributed by atoms with Crippen LogP contribution in [0.15, 0.2) is 36.7 Å². The number of hydrogen-bond donors (Lipinski definition) is 0. The Morgan fingerprint density at radius 2 is 1.87 bits per heavy atom. The van der Waals surface area contributed by atoms with E-state index in [1.807, 2.05) is 24.1 Å². The third kappa shape index (κ3) is 3.09. The lowest BCUT2D eigenvalue weighted by Gasteiger charge is -2.38. The Morgan fingerprint density at radius 3 is 2.52 bits per heavy atom. The summed E-state index contributed by atoms with van der Waals surface area (Å²) in [7, 11) is 0. The standard InChI is InChI=1S/C18H24N4O/c1-14-6-4-7-17(15(14)2)20-10-12-21(13-11-20)18(23)16(3)22-9-5-8-19-22/h4-9,16H,10-13H2,1-3H3. The van der Waals surface area contributed by atoms with Gasteiger partial charge in [0, 0.05) is 44.3 Å². The summed E-state index contributed by atoms with van der Waals surface area (Å²) in [6, 6.07) is 8.03. The number of aryl methyl sites for hydroxylation is 1. The summed E-state index contributed by atoms with van der Waals surface area (Å²) < 4.78 is 1.72. The zero-order chi connectivity index (χ0) is 16.4. The molecule has 1 fully saturated rings. The van der Waals surface area contributed by atoms with E-state index in [1.165, 1.54) is 16.8 Å². The van der Waals surface area contributed by atoms with Crippen molar-refractivity contribution in [2.75, 3.05) is 31.1 Å². The molecule has 1 aromatic carbocycles. The Kier molecular flexibility index (Phi) is 4.37. The van der Waals surface area contributed by atoms with E-state index in [-0.39, 0.29) is 11.9 Å². The van der Waals surface area contributed by atoms with Gasteiger partial charge >= 0.3 is 0 Å². The van der Waals surface area contributed by atoms with E-state index in [0.717, 1.165) is 26.2 Å². The molecule has 0 spiro atoms. The molecule has 0 aliphatic carbocycles. The molecule has 23 heavy (non-hydrogen) atoms. The molecule has 0 N–H and O–H groups in total. The summed E-state index contributed by atoms with van der Waals surface area (Å²) in [6.45, 7) is 9.50. The van der Waals surface area contributed by atoms with Gasteiger partial charge in [0.1, 0.15) is 6.04 Å². The van der Waals surface area contributed by atoms with Crippen LogP contribution < -0.4 is 4.90 Å². The summed E-state index contributed by atoms with van der Waals surface area (Å²) in [6.07, 6.45) is 3.55. The molecule has 122 valence electrons. The summed E-state index contributed by atoms with van der Waals surface area (Å²) in [4.78, 5) is 16.9. The van der Waals surface area contributed by atoms with Gasteiger partial charge in [0.15, 0.2) is 0 Å². The molecule has 1 saturated heterocycles. The molecule has 2 aromatic rings. The number of carbonyl (C=O) groups excluding carboxylic acids is 1. The smallest absolute Gasteiger partial charge is 0.247 e. The zero-order valence-corrected chi connectivity index (χ0v) is 14.1. The minimum Gasteiger partial charge on any atom is -0.368 e. The fraction of sp³-hybridized carbons (Fsp3) is 0.444. The number of rotatable bonds is 3. The lowest BCUT2D eigenvalue weighted by atomic mass is 10.1. The van der Waals surface area contributed by atoms with Gasteiger partial charge < -0.3 is 9.80 Å². The Labute approximate surface area is 137 Å². The lowest BCUT2D eigenvalue weighted by molar-refractivity contribution is -0.134.